The molecule has 0 spiro atoms. The molecule has 2 N–H and O–H groups in total. The molecule has 0 heterocycles. The van der Waals surface area contributed by atoms with Crippen LogP contribution in [-0.4, -0.2) is 22.4 Å². The molecule has 3 heteroatoms. The fraction of sp³-hybridized carbons (Fsp3) is 0.571. The van der Waals surface area contributed by atoms with Crippen LogP contribution in [0, 0.1) is 6.92 Å². The first-order valence-electron chi connectivity index (χ1n) is 6.11. The van der Waals surface area contributed by atoms with Gasteiger partial charge in [0, 0.05) is 11.3 Å². The summed E-state index contributed by atoms with van der Waals surface area (Å²) in [6.45, 7) is 7.57. The molecule has 0 aliphatic carbocycles. The minimum atomic E-state index is 0.103. The van der Waals surface area contributed by atoms with E-state index in [1.54, 1.807) is 0 Å². The van der Waals surface area contributed by atoms with Gasteiger partial charge in [0.2, 0.25) is 0 Å². The van der Waals surface area contributed by atoms with Crippen molar-refractivity contribution in [3.8, 4) is 0 Å². The zero-order valence-corrected chi connectivity index (χ0v) is 11.8. The van der Waals surface area contributed by atoms with Crippen molar-refractivity contribution < 1.29 is 4.55 Å². The van der Waals surface area contributed by atoms with Gasteiger partial charge in [0.25, 0.3) is 0 Å². The molecule has 17 heavy (non-hydrogen) atoms. The summed E-state index contributed by atoms with van der Waals surface area (Å²) in [5, 5.41) is 3.55. The highest BCUT2D eigenvalue weighted by molar-refractivity contribution is 7.93. The third kappa shape index (κ3) is 5.57. The second-order valence-corrected chi connectivity index (χ2v) is 5.77. The fourth-order valence-electron chi connectivity index (χ4n) is 1.91. The average molecular weight is 253 g/mol. The molecule has 0 saturated carbocycles. The lowest BCUT2D eigenvalue weighted by Gasteiger charge is -2.27. The molecule has 0 unspecified atom stereocenters. The van der Waals surface area contributed by atoms with E-state index in [0.29, 0.717) is 0 Å². The quantitative estimate of drug-likeness (QED) is 0.576. The second-order valence-electron chi connectivity index (χ2n) is 5.10. The van der Waals surface area contributed by atoms with E-state index in [9.17, 15) is 0 Å². The summed E-state index contributed by atoms with van der Waals surface area (Å²) < 4.78 is 8.66. The van der Waals surface area contributed by atoms with Gasteiger partial charge in [-0.25, -0.2) is 0 Å². The molecule has 0 fully saturated rings. The lowest BCUT2D eigenvalue weighted by molar-refractivity contribution is 0.387. The molecular weight excluding hydrogens is 230 g/mol. The van der Waals surface area contributed by atoms with Gasteiger partial charge in [-0.1, -0.05) is 24.3 Å². The van der Waals surface area contributed by atoms with E-state index in [1.165, 1.54) is 11.1 Å². The van der Waals surface area contributed by atoms with Crippen LogP contribution in [0.5, 0.6) is 0 Å². The third-order valence-electron chi connectivity index (χ3n) is 2.91. The van der Waals surface area contributed by atoms with Gasteiger partial charge < -0.3 is 9.87 Å². The standard InChI is InChI=1S/C14H23NOS/c1-12-7-4-5-8-13(12)11-14(2,3)15-9-6-10-17-16/h4-5,7-8,15-16H,6,9-11H2,1-3H3. The van der Waals surface area contributed by atoms with Gasteiger partial charge in [-0.15, -0.1) is 0 Å². The highest BCUT2D eigenvalue weighted by atomic mass is 32.2. The van der Waals surface area contributed by atoms with Crippen molar-refractivity contribution in [1.82, 2.24) is 5.32 Å². The first-order chi connectivity index (χ1) is 8.05. The zero-order chi connectivity index (χ0) is 12.7. The third-order valence-corrected chi connectivity index (χ3v) is 3.38. The second kappa shape index (κ2) is 7.04. The Morgan fingerprint density at radius 1 is 1.29 bits per heavy atom. The summed E-state index contributed by atoms with van der Waals surface area (Å²) >= 11 is 0.919. The van der Waals surface area contributed by atoms with E-state index < -0.39 is 0 Å². The summed E-state index contributed by atoms with van der Waals surface area (Å²) in [6, 6.07) is 8.54. The Bertz CT molecular complexity index is 339. The maximum absolute atomic E-state index is 8.66. The largest absolute Gasteiger partial charge is 0.330 e. The van der Waals surface area contributed by atoms with Gasteiger partial charge in [-0.05, 0) is 63.3 Å². The van der Waals surface area contributed by atoms with Crippen LogP contribution in [0.2, 0.25) is 0 Å². The van der Waals surface area contributed by atoms with Crippen molar-refractivity contribution in [2.24, 2.45) is 0 Å². The molecule has 0 bridgehead atoms. The van der Waals surface area contributed by atoms with Crippen LogP contribution in [0.1, 0.15) is 31.4 Å². The first kappa shape index (κ1) is 14.6. The van der Waals surface area contributed by atoms with E-state index in [1.807, 2.05) is 0 Å². The molecule has 0 aliphatic rings. The van der Waals surface area contributed by atoms with Crippen LogP contribution in [0.3, 0.4) is 0 Å². The topological polar surface area (TPSA) is 32.3 Å². The highest BCUT2D eigenvalue weighted by Crippen LogP contribution is 2.16. The van der Waals surface area contributed by atoms with E-state index in [2.05, 4.69) is 50.4 Å². The number of aryl methyl sites for hydroxylation is 1. The van der Waals surface area contributed by atoms with Crippen molar-refractivity contribution in [3.05, 3.63) is 35.4 Å². The van der Waals surface area contributed by atoms with Gasteiger partial charge in [0.05, 0.1) is 0 Å². The monoisotopic (exact) mass is 253 g/mol. The van der Waals surface area contributed by atoms with Gasteiger partial charge >= 0.3 is 0 Å². The Morgan fingerprint density at radius 3 is 2.65 bits per heavy atom. The molecular formula is C14H23NOS. The minimum Gasteiger partial charge on any atom is -0.330 e. The molecule has 0 saturated heterocycles. The Labute approximate surface area is 109 Å². The molecule has 1 rings (SSSR count). The number of hydrogen-bond acceptors (Lipinski definition) is 3. The zero-order valence-electron chi connectivity index (χ0n) is 11.0. The minimum absolute atomic E-state index is 0.103. The molecule has 96 valence electrons. The predicted octanol–water partition coefficient (Wildman–Crippen LogP) is 3.50. The first-order valence-corrected chi connectivity index (χ1v) is 7.05. The smallest absolute Gasteiger partial charge is 0.0207 e. The van der Waals surface area contributed by atoms with E-state index in [0.717, 1.165) is 37.2 Å². The fourth-order valence-corrected chi connectivity index (χ4v) is 2.18. The number of rotatable bonds is 7. The van der Waals surface area contributed by atoms with Gasteiger partial charge in [-0.2, -0.15) is 0 Å². The molecule has 0 atom stereocenters. The number of hydrogen-bond donors (Lipinski definition) is 2. The summed E-state index contributed by atoms with van der Waals surface area (Å²) in [6.07, 6.45) is 2.03. The molecule has 0 radical (unpaired) electrons. The Balaban J connectivity index is 2.46. The Hall–Kier alpha value is -0.510. The predicted molar refractivity (Wildman–Crippen MR) is 76.7 cm³/mol. The van der Waals surface area contributed by atoms with Crippen LogP contribution in [0.15, 0.2) is 24.3 Å². The van der Waals surface area contributed by atoms with Gasteiger partial charge in [0.15, 0.2) is 0 Å². The summed E-state index contributed by atoms with van der Waals surface area (Å²) in [5.74, 6) is 0.799. The van der Waals surface area contributed by atoms with Crippen molar-refractivity contribution in [1.29, 1.82) is 0 Å². The highest BCUT2D eigenvalue weighted by Gasteiger charge is 2.17. The van der Waals surface area contributed by atoms with E-state index >= 15 is 0 Å². The van der Waals surface area contributed by atoms with Crippen molar-refractivity contribution in [2.75, 3.05) is 12.3 Å². The summed E-state index contributed by atoms with van der Waals surface area (Å²) in [7, 11) is 0. The molecule has 0 aromatic heterocycles. The van der Waals surface area contributed by atoms with Crippen LogP contribution in [0.4, 0.5) is 0 Å². The maximum Gasteiger partial charge on any atom is 0.0207 e. The van der Waals surface area contributed by atoms with E-state index in [-0.39, 0.29) is 5.54 Å². The van der Waals surface area contributed by atoms with E-state index in [4.69, 9.17) is 4.55 Å². The summed E-state index contributed by atoms with van der Waals surface area (Å²) in [5.41, 5.74) is 2.86. The SMILES string of the molecule is Cc1ccccc1CC(C)(C)NCCCSO. The average Bonchev–Trinajstić information content (AvgIpc) is 2.28. The maximum atomic E-state index is 8.66. The van der Waals surface area contributed by atoms with Crippen molar-refractivity contribution >= 4 is 12.0 Å². The molecule has 0 amide bonds. The van der Waals surface area contributed by atoms with Gasteiger partial charge in [-0.3, -0.25) is 0 Å². The molecule has 0 aliphatic heterocycles. The number of benzene rings is 1. The Morgan fingerprint density at radius 2 is 2.00 bits per heavy atom. The Kier molecular flexibility index (Phi) is 6.03. The molecule has 1 aromatic carbocycles. The van der Waals surface area contributed by atoms with Crippen molar-refractivity contribution in [3.63, 3.8) is 0 Å². The van der Waals surface area contributed by atoms with Crippen LogP contribution >= 0.6 is 12.0 Å². The lowest BCUT2D eigenvalue weighted by Crippen LogP contribution is -2.42. The van der Waals surface area contributed by atoms with Crippen LogP contribution < -0.4 is 5.32 Å². The number of nitrogens with one attached hydrogen (secondary N) is 1. The van der Waals surface area contributed by atoms with Gasteiger partial charge in [0.1, 0.15) is 0 Å². The summed E-state index contributed by atoms with van der Waals surface area (Å²) in [4.78, 5) is 0. The van der Waals surface area contributed by atoms with Crippen LogP contribution in [0.25, 0.3) is 0 Å². The van der Waals surface area contributed by atoms with Crippen molar-refractivity contribution in [2.45, 2.75) is 39.2 Å². The van der Waals surface area contributed by atoms with Crippen LogP contribution in [-0.2, 0) is 6.42 Å². The molecule has 2 nitrogen and oxygen atoms in total. The lowest BCUT2D eigenvalue weighted by atomic mass is 9.92. The molecule has 1 aromatic rings. The normalized spacial score (nSPS) is 11.8.